The van der Waals surface area contributed by atoms with Crippen molar-refractivity contribution in [3.05, 3.63) is 0 Å². The molecule has 0 aliphatic heterocycles. The second kappa shape index (κ2) is 4.51. The molecule has 0 aromatic carbocycles. The van der Waals surface area contributed by atoms with Crippen LogP contribution in [0.5, 0.6) is 0 Å². The van der Waals surface area contributed by atoms with Crippen LogP contribution < -0.4 is 0 Å². The Kier molecular flexibility index (Phi) is 4.73. The van der Waals surface area contributed by atoms with Crippen LogP contribution in [0.3, 0.4) is 0 Å². The van der Waals surface area contributed by atoms with Gasteiger partial charge in [-0.05, 0) is 4.57 Å². The van der Waals surface area contributed by atoms with Gasteiger partial charge in [0.15, 0.2) is 6.16 Å². The Balaban J connectivity index is 2.82. The number of hydrogen-bond donors (Lipinski definition) is 1. The number of halogens is 1. The summed E-state index contributed by atoms with van der Waals surface area (Å²) in [7, 11) is -1.94. The highest BCUT2D eigenvalue weighted by molar-refractivity contribution is 7.37. The Hall–Kier alpha value is 0.350. The van der Waals surface area contributed by atoms with E-state index in [2.05, 4.69) is 0 Å². The predicted molar refractivity (Wildman–Crippen MR) is 30.0 cm³/mol. The standard InChI is InChI=1S/C3H6ClO2P/c4-2-1-3-7(5)6/h1-3H2/p+1. The van der Waals surface area contributed by atoms with Gasteiger partial charge in [0.05, 0.1) is 0 Å². The van der Waals surface area contributed by atoms with Crippen LogP contribution >= 0.6 is 19.6 Å². The fraction of sp³-hybridized carbons (Fsp3) is 1.00. The molecule has 0 amide bonds. The van der Waals surface area contributed by atoms with Crippen molar-refractivity contribution in [2.75, 3.05) is 12.0 Å². The van der Waals surface area contributed by atoms with Gasteiger partial charge >= 0.3 is 8.03 Å². The van der Waals surface area contributed by atoms with E-state index in [4.69, 9.17) is 16.5 Å². The molecule has 4 heteroatoms. The molecule has 0 saturated carbocycles. The lowest BCUT2D eigenvalue weighted by molar-refractivity contribution is 0.502. The van der Waals surface area contributed by atoms with Crippen LogP contribution in [0.4, 0.5) is 0 Å². The minimum Gasteiger partial charge on any atom is -0.161 e. The third kappa shape index (κ3) is 6.35. The first kappa shape index (κ1) is 7.35. The van der Waals surface area contributed by atoms with E-state index >= 15 is 0 Å². The maximum Gasteiger partial charge on any atom is 0.505 e. The maximum atomic E-state index is 9.85. The van der Waals surface area contributed by atoms with E-state index < -0.39 is 8.03 Å². The fourth-order valence-corrected chi connectivity index (χ4v) is 0.944. The lowest BCUT2D eigenvalue weighted by Gasteiger charge is -1.74. The second-order valence-electron chi connectivity index (χ2n) is 1.12. The first-order chi connectivity index (χ1) is 3.27. The van der Waals surface area contributed by atoms with Crippen molar-refractivity contribution in [2.45, 2.75) is 6.42 Å². The Morgan fingerprint density at radius 3 is 2.43 bits per heavy atom. The van der Waals surface area contributed by atoms with Crippen molar-refractivity contribution in [3.8, 4) is 0 Å². The average molecular weight is 142 g/mol. The van der Waals surface area contributed by atoms with E-state index in [-0.39, 0.29) is 0 Å². The molecule has 1 unspecified atom stereocenters. The molecule has 0 spiro atoms. The minimum atomic E-state index is -1.94. The van der Waals surface area contributed by atoms with Gasteiger partial charge in [-0.3, -0.25) is 0 Å². The molecule has 0 fully saturated rings. The molecule has 42 valence electrons. The smallest absolute Gasteiger partial charge is 0.161 e. The first-order valence-corrected chi connectivity index (χ1v) is 3.90. The van der Waals surface area contributed by atoms with Gasteiger partial charge in [0.2, 0.25) is 0 Å². The van der Waals surface area contributed by atoms with Crippen molar-refractivity contribution >= 4 is 19.6 Å². The quantitative estimate of drug-likeness (QED) is 0.476. The highest BCUT2D eigenvalue weighted by Crippen LogP contribution is 2.13. The van der Waals surface area contributed by atoms with E-state index in [1.807, 2.05) is 0 Å². The molecule has 0 saturated heterocycles. The van der Waals surface area contributed by atoms with Crippen molar-refractivity contribution in [3.63, 3.8) is 0 Å². The van der Waals surface area contributed by atoms with Crippen molar-refractivity contribution in [1.82, 2.24) is 0 Å². The minimum absolute atomic E-state index is 0.332. The van der Waals surface area contributed by atoms with Gasteiger partial charge in [-0.1, -0.05) is 0 Å². The Bertz CT molecular complexity index is 66.0. The van der Waals surface area contributed by atoms with E-state index in [1.54, 1.807) is 0 Å². The normalized spacial score (nSPS) is 11.4. The Morgan fingerprint density at radius 1 is 1.71 bits per heavy atom. The molecule has 0 aliphatic carbocycles. The molecule has 0 aliphatic rings. The van der Waals surface area contributed by atoms with Crippen molar-refractivity contribution in [2.24, 2.45) is 0 Å². The van der Waals surface area contributed by atoms with Crippen LogP contribution in [-0.2, 0) is 4.57 Å². The molecule has 0 bridgehead atoms. The van der Waals surface area contributed by atoms with Crippen LogP contribution in [0.15, 0.2) is 0 Å². The van der Waals surface area contributed by atoms with Gasteiger partial charge in [-0.15, -0.1) is 11.6 Å². The topological polar surface area (TPSA) is 37.3 Å². The van der Waals surface area contributed by atoms with Crippen LogP contribution in [0, 0.1) is 0 Å². The highest BCUT2D eigenvalue weighted by atomic mass is 35.5. The largest absolute Gasteiger partial charge is 0.505 e. The van der Waals surface area contributed by atoms with Crippen LogP contribution in [0.1, 0.15) is 6.42 Å². The molecule has 2 nitrogen and oxygen atoms in total. The number of alkyl halides is 1. The van der Waals surface area contributed by atoms with Gasteiger partial charge in [-0.2, -0.15) is 4.89 Å². The van der Waals surface area contributed by atoms with Crippen LogP contribution in [-0.4, -0.2) is 16.9 Å². The van der Waals surface area contributed by atoms with Gasteiger partial charge in [0, 0.05) is 12.3 Å². The molecule has 1 atom stereocenters. The van der Waals surface area contributed by atoms with Crippen molar-refractivity contribution < 1.29 is 9.46 Å². The Morgan fingerprint density at radius 2 is 2.29 bits per heavy atom. The molecule has 1 N–H and O–H groups in total. The van der Waals surface area contributed by atoms with Gasteiger partial charge in [-0.25, -0.2) is 0 Å². The van der Waals surface area contributed by atoms with Crippen LogP contribution in [0.25, 0.3) is 0 Å². The molecule has 0 radical (unpaired) electrons. The van der Waals surface area contributed by atoms with Gasteiger partial charge in [0.1, 0.15) is 0 Å². The molecule has 0 aromatic rings. The zero-order chi connectivity index (χ0) is 5.70. The molecule has 7 heavy (non-hydrogen) atoms. The molecular formula is C3H7ClO2P+. The van der Waals surface area contributed by atoms with Crippen molar-refractivity contribution in [1.29, 1.82) is 0 Å². The van der Waals surface area contributed by atoms with Gasteiger partial charge in [0.25, 0.3) is 0 Å². The lowest BCUT2D eigenvalue weighted by Crippen LogP contribution is -1.77. The highest BCUT2D eigenvalue weighted by Gasteiger charge is 2.06. The molecule has 0 aromatic heterocycles. The van der Waals surface area contributed by atoms with Gasteiger partial charge < -0.3 is 0 Å². The SMILES string of the molecule is O=[P+](O)CCCCl. The third-order valence-corrected chi connectivity index (χ3v) is 1.45. The lowest BCUT2D eigenvalue weighted by atomic mass is 10.6. The average Bonchev–Trinajstić information content (AvgIpc) is 1.61. The van der Waals surface area contributed by atoms with E-state index in [9.17, 15) is 4.57 Å². The predicted octanol–water partition coefficient (Wildman–Crippen LogP) is 1.35. The zero-order valence-corrected chi connectivity index (χ0v) is 5.45. The number of rotatable bonds is 3. The summed E-state index contributed by atoms with van der Waals surface area (Å²) in [4.78, 5) is 8.13. The van der Waals surface area contributed by atoms with Crippen LogP contribution in [0.2, 0.25) is 0 Å². The maximum absolute atomic E-state index is 9.85. The summed E-state index contributed by atoms with van der Waals surface area (Å²) >= 11 is 5.21. The summed E-state index contributed by atoms with van der Waals surface area (Å²) in [6.45, 7) is 0. The Labute approximate surface area is 48.4 Å². The second-order valence-corrected chi connectivity index (χ2v) is 2.65. The van der Waals surface area contributed by atoms with E-state index in [1.165, 1.54) is 0 Å². The van der Waals surface area contributed by atoms with E-state index in [0.29, 0.717) is 18.5 Å². The zero-order valence-electron chi connectivity index (χ0n) is 3.80. The number of hydrogen-bond acceptors (Lipinski definition) is 1. The molecule has 0 heterocycles. The molecular weight excluding hydrogens is 134 g/mol. The molecule has 0 rings (SSSR count). The monoisotopic (exact) mass is 141 g/mol. The summed E-state index contributed by atoms with van der Waals surface area (Å²) in [6, 6.07) is 0. The first-order valence-electron chi connectivity index (χ1n) is 1.97. The summed E-state index contributed by atoms with van der Waals surface area (Å²) < 4.78 is 9.85. The van der Waals surface area contributed by atoms with E-state index in [0.717, 1.165) is 0 Å². The summed E-state index contributed by atoms with van der Waals surface area (Å²) in [6.07, 6.45) is 0.964. The fourth-order valence-electron chi connectivity index (χ4n) is 0.195. The summed E-state index contributed by atoms with van der Waals surface area (Å²) in [5.41, 5.74) is 0. The summed E-state index contributed by atoms with van der Waals surface area (Å²) in [5, 5.41) is 0. The third-order valence-electron chi connectivity index (χ3n) is 0.483. The summed E-state index contributed by atoms with van der Waals surface area (Å²) in [5.74, 6) is 0.474.